The van der Waals surface area contributed by atoms with Gasteiger partial charge >= 0.3 is 0 Å². The third kappa shape index (κ3) is 5.48. The van der Waals surface area contributed by atoms with Crippen LogP contribution in [0.15, 0.2) is 100 Å². The molecular weight excluding hydrogens is 702 g/mol. The number of rotatable bonds is 7. The molecule has 0 spiro atoms. The second-order valence-corrected chi connectivity index (χ2v) is 13.0. The van der Waals surface area contributed by atoms with Gasteiger partial charge in [-0.3, -0.25) is 9.36 Å². The number of allylic oxidation sites excluding steroid dienone is 1. The Morgan fingerprint density at radius 3 is 2.64 bits per heavy atom. The Bertz CT molecular complexity index is 2170. The molecule has 6 nitrogen and oxygen atoms in total. The third-order valence-corrected chi connectivity index (χ3v) is 9.95. The molecule has 0 amide bonds. The first-order valence-electron chi connectivity index (χ1n) is 14.5. The predicted octanol–water partition coefficient (Wildman–Crippen LogP) is 6.66. The fourth-order valence-electron chi connectivity index (χ4n) is 6.01. The van der Waals surface area contributed by atoms with E-state index >= 15 is 0 Å². The summed E-state index contributed by atoms with van der Waals surface area (Å²) in [6, 6.07) is 26.3. The number of aromatic nitrogens is 1. The van der Waals surface area contributed by atoms with Crippen molar-refractivity contribution in [3.8, 4) is 17.2 Å². The van der Waals surface area contributed by atoms with Crippen LogP contribution in [-0.4, -0.2) is 18.8 Å². The summed E-state index contributed by atoms with van der Waals surface area (Å²) in [5.41, 5.74) is 6.58. The van der Waals surface area contributed by atoms with Gasteiger partial charge < -0.3 is 14.2 Å². The summed E-state index contributed by atoms with van der Waals surface area (Å²) in [5, 5.41) is 0. The van der Waals surface area contributed by atoms with Gasteiger partial charge in [-0.05, 0) is 94.1 Å². The van der Waals surface area contributed by atoms with Crippen LogP contribution in [0, 0.1) is 9.39 Å². The van der Waals surface area contributed by atoms with Crippen LogP contribution in [0.1, 0.15) is 40.3 Å². The van der Waals surface area contributed by atoms with Crippen LogP contribution in [0.4, 0.5) is 4.39 Å². The Morgan fingerprint density at radius 2 is 1.82 bits per heavy atom. The summed E-state index contributed by atoms with van der Waals surface area (Å²) in [4.78, 5) is 20.0. The topological polar surface area (TPSA) is 62.0 Å². The minimum Gasteiger partial charge on any atom is -0.497 e. The molecule has 0 fully saturated rings. The minimum absolute atomic E-state index is 0.0645. The molecular formula is C36H28FIN2O4S. The maximum absolute atomic E-state index is 14.2. The number of ether oxygens (including phenoxy) is 3. The summed E-state index contributed by atoms with van der Waals surface area (Å²) in [5.74, 6) is 1.43. The molecule has 7 rings (SSSR count). The Balaban J connectivity index is 1.34. The van der Waals surface area contributed by atoms with E-state index in [0.717, 1.165) is 50.1 Å². The molecule has 4 aromatic carbocycles. The highest BCUT2D eigenvalue weighted by Gasteiger charge is 2.32. The van der Waals surface area contributed by atoms with Crippen molar-refractivity contribution in [2.24, 2.45) is 4.99 Å². The summed E-state index contributed by atoms with van der Waals surface area (Å²) < 4.78 is 34.6. The van der Waals surface area contributed by atoms with Gasteiger partial charge in [-0.1, -0.05) is 65.9 Å². The summed E-state index contributed by atoms with van der Waals surface area (Å²) >= 11 is 3.55. The highest BCUT2D eigenvalue weighted by molar-refractivity contribution is 14.1. The van der Waals surface area contributed by atoms with Gasteiger partial charge in [-0.2, -0.15) is 0 Å². The summed E-state index contributed by atoms with van der Waals surface area (Å²) in [6.07, 6.45) is 3.57. The Labute approximate surface area is 276 Å². The van der Waals surface area contributed by atoms with Gasteiger partial charge in [0.2, 0.25) is 0 Å². The number of hydrogen-bond donors (Lipinski definition) is 0. The van der Waals surface area contributed by atoms with E-state index in [9.17, 15) is 9.18 Å². The van der Waals surface area contributed by atoms with E-state index in [2.05, 4.69) is 40.8 Å². The summed E-state index contributed by atoms with van der Waals surface area (Å²) in [6.45, 7) is 0.0645. The number of halogens is 2. The molecule has 2 aliphatic rings. The molecule has 226 valence electrons. The van der Waals surface area contributed by atoms with Gasteiger partial charge in [-0.25, -0.2) is 9.38 Å². The zero-order chi connectivity index (χ0) is 31.1. The van der Waals surface area contributed by atoms with E-state index < -0.39 is 0 Å². The van der Waals surface area contributed by atoms with Crippen LogP contribution >= 0.6 is 33.9 Å². The van der Waals surface area contributed by atoms with E-state index in [-0.39, 0.29) is 24.0 Å². The molecule has 2 heterocycles. The van der Waals surface area contributed by atoms with Crippen LogP contribution in [0.25, 0.3) is 11.8 Å². The smallest absolute Gasteiger partial charge is 0.271 e. The number of thiazole rings is 1. The molecule has 1 aromatic heterocycles. The molecule has 0 radical (unpaired) electrons. The first kappa shape index (κ1) is 29.5. The lowest BCUT2D eigenvalue weighted by atomic mass is 9.83. The maximum atomic E-state index is 14.2. The third-order valence-electron chi connectivity index (χ3n) is 8.16. The van der Waals surface area contributed by atoms with Gasteiger partial charge in [0.25, 0.3) is 5.56 Å². The van der Waals surface area contributed by atoms with Crippen molar-refractivity contribution in [2.45, 2.75) is 25.5 Å². The van der Waals surface area contributed by atoms with Crippen LogP contribution < -0.4 is 29.1 Å². The molecule has 5 aromatic rings. The summed E-state index contributed by atoms with van der Waals surface area (Å²) in [7, 11) is 3.22. The fourth-order valence-corrected chi connectivity index (χ4v) is 7.80. The van der Waals surface area contributed by atoms with Crippen LogP contribution in [0.5, 0.6) is 17.2 Å². The number of hydrogen-bond acceptors (Lipinski definition) is 6. The van der Waals surface area contributed by atoms with Crippen molar-refractivity contribution in [3.05, 3.63) is 147 Å². The first-order chi connectivity index (χ1) is 21.9. The molecule has 0 bridgehead atoms. The molecule has 1 aliphatic heterocycles. The highest BCUT2D eigenvalue weighted by atomic mass is 127. The highest BCUT2D eigenvalue weighted by Crippen LogP contribution is 2.42. The lowest BCUT2D eigenvalue weighted by Crippen LogP contribution is -2.38. The van der Waals surface area contributed by atoms with E-state index in [1.165, 1.54) is 23.0 Å². The standard InChI is InChI=1S/C36H28FIN2O4S/c1-42-25-11-7-10-23(19-25)33-27-15-14-22-8-3-5-12-26(22)32(27)39-36-40(33)35(41)31(45-36)18-21-16-29(38)34(30(17-21)43-2)44-20-24-9-4-6-13-28(24)37/h3-13,16-19,33H,14-15,20H2,1-2H3. The Kier molecular flexibility index (Phi) is 8.05. The van der Waals surface area contributed by atoms with E-state index in [4.69, 9.17) is 19.2 Å². The normalized spacial score (nSPS) is 15.6. The van der Waals surface area contributed by atoms with E-state index in [1.54, 1.807) is 32.4 Å². The van der Waals surface area contributed by atoms with Crippen LogP contribution in [0.2, 0.25) is 0 Å². The van der Waals surface area contributed by atoms with Crippen molar-refractivity contribution >= 4 is 45.7 Å². The fraction of sp³-hybridized carbons (Fsp3) is 0.167. The maximum Gasteiger partial charge on any atom is 0.271 e. The number of nitrogens with zero attached hydrogens (tertiary/aromatic N) is 2. The number of benzene rings is 4. The van der Waals surface area contributed by atoms with Gasteiger partial charge in [-0.15, -0.1) is 0 Å². The van der Waals surface area contributed by atoms with E-state index in [0.29, 0.717) is 26.4 Å². The zero-order valence-electron chi connectivity index (χ0n) is 24.6. The lowest BCUT2D eigenvalue weighted by molar-refractivity contribution is 0.277. The van der Waals surface area contributed by atoms with Crippen LogP contribution in [-0.2, 0) is 13.0 Å². The minimum atomic E-state index is -0.323. The molecule has 1 aliphatic carbocycles. The second-order valence-electron chi connectivity index (χ2n) is 10.8. The van der Waals surface area contributed by atoms with E-state index in [1.807, 2.05) is 53.1 Å². The average molecular weight is 731 g/mol. The van der Waals surface area contributed by atoms with Crippen molar-refractivity contribution in [3.63, 3.8) is 0 Å². The molecule has 9 heteroatoms. The number of fused-ring (bicyclic) bond motifs is 3. The van der Waals surface area contributed by atoms with Crippen molar-refractivity contribution in [1.29, 1.82) is 0 Å². The molecule has 0 saturated carbocycles. The number of aryl methyl sites for hydroxylation is 1. The molecule has 0 saturated heterocycles. The Hall–Kier alpha value is -4.22. The Morgan fingerprint density at radius 1 is 1.00 bits per heavy atom. The zero-order valence-corrected chi connectivity index (χ0v) is 27.5. The predicted molar refractivity (Wildman–Crippen MR) is 182 cm³/mol. The van der Waals surface area contributed by atoms with Crippen molar-refractivity contribution < 1.29 is 18.6 Å². The second kappa shape index (κ2) is 12.3. The molecule has 1 atom stereocenters. The molecule has 1 unspecified atom stereocenters. The van der Waals surface area contributed by atoms with Crippen LogP contribution in [0.3, 0.4) is 0 Å². The average Bonchev–Trinajstić information content (AvgIpc) is 3.37. The van der Waals surface area contributed by atoms with Crippen molar-refractivity contribution in [2.75, 3.05) is 14.2 Å². The number of methoxy groups -OCH3 is 2. The monoisotopic (exact) mass is 730 g/mol. The first-order valence-corrected chi connectivity index (χ1v) is 16.4. The largest absolute Gasteiger partial charge is 0.497 e. The lowest BCUT2D eigenvalue weighted by Gasteiger charge is -2.31. The van der Waals surface area contributed by atoms with Crippen molar-refractivity contribution in [1.82, 2.24) is 4.57 Å². The quantitative estimate of drug-likeness (QED) is 0.176. The van der Waals surface area contributed by atoms with Gasteiger partial charge in [0.05, 0.1) is 34.1 Å². The van der Waals surface area contributed by atoms with Gasteiger partial charge in [0.1, 0.15) is 18.2 Å². The molecule has 45 heavy (non-hydrogen) atoms. The van der Waals surface area contributed by atoms with Gasteiger partial charge in [0.15, 0.2) is 16.3 Å². The SMILES string of the molecule is COc1cccc(C2C3=C(N=c4sc(=Cc5cc(I)c(OCc6ccccc6F)c(OC)c5)c(=O)n42)c2ccccc2CC3)c1. The van der Waals surface area contributed by atoms with Gasteiger partial charge in [0, 0.05) is 11.1 Å². The molecule has 0 N–H and O–H groups in total.